The lowest BCUT2D eigenvalue weighted by molar-refractivity contribution is -0.120. The first-order valence-corrected chi connectivity index (χ1v) is 4.69. The van der Waals surface area contributed by atoms with Crippen molar-refractivity contribution in [2.75, 3.05) is 0 Å². The Balaban J connectivity index is 2.60. The normalized spacial score (nSPS) is 12.1. The van der Waals surface area contributed by atoms with E-state index in [4.69, 9.17) is 0 Å². The zero-order chi connectivity index (χ0) is 11.3. The average molecular weight is 208 g/mol. The number of rotatable bonds is 5. The first kappa shape index (κ1) is 11.6. The molecule has 1 rings (SSSR count). The van der Waals surface area contributed by atoms with Crippen LogP contribution < -0.4 is 0 Å². The Morgan fingerprint density at radius 3 is 2.60 bits per heavy atom. The number of hydrogen-bond donors (Lipinski definition) is 1. The minimum Gasteiger partial charge on any atom is -0.388 e. The van der Waals surface area contributed by atoms with E-state index in [1.165, 1.54) is 30.3 Å². The smallest absolute Gasteiger partial charge is 0.139 e. The van der Waals surface area contributed by atoms with Crippen molar-refractivity contribution in [3.05, 3.63) is 48.3 Å². The molecule has 1 aromatic rings. The summed E-state index contributed by atoms with van der Waals surface area (Å²) in [6.07, 6.45) is 0.924. The van der Waals surface area contributed by atoms with Crippen molar-refractivity contribution < 1.29 is 14.3 Å². The number of hydrogen-bond acceptors (Lipinski definition) is 2. The van der Waals surface area contributed by atoms with E-state index in [2.05, 4.69) is 6.58 Å². The molecular formula is C12H13FO2. The van der Waals surface area contributed by atoms with Gasteiger partial charge in [-0.2, -0.15) is 0 Å². The lowest BCUT2D eigenvalue weighted by Gasteiger charge is -2.09. The topological polar surface area (TPSA) is 37.3 Å². The van der Waals surface area contributed by atoms with Gasteiger partial charge in [0.05, 0.1) is 6.10 Å². The van der Waals surface area contributed by atoms with Crippen molar-refractivity contribution in [2.45, 2.75) is 18.9 Å². The third-order valence-corrected chi connectivity index (χ3v) is 2.05. The van der Waals surface area contributed by atoms with Gasteiger partial charge in [0.2, 0.25) is 0 Å². The van der Waals surface area contributed by atoms with Crippen molar-refractivity contribution in [3.63, 3.8) is 0 Å². The molecule has 1 atom stereocenters. The lowest BCUT2D eigenvalue weighted by atomic mass is 10.0. The molecule has 0 aliphatic rings. The number of carbonyl (C=O) groups is 1. The molecule has 0 saturated heterocycles. The Hall–Kier alpha value is -1.48. The van der Waals surface area contributed by atoms with Crippen LogP contribution >= 0.6 is 0 Å². The molecule has 0 fully saturated rings. The number of aliphatic hydroxyl groups is 1. The van der Waals surface area contributed by atoms with Crippen LogP contribution in [0, 0.1) is 5.82 Å². The lowest BCUT2D eigenvalue weighted by Crippen LogP contribution is -2.05. The van der Waals surface area contributed by atoms with Gasteiger partial charge < -0.3 is 5.11 Å². The van der Waals surface area contributed by atoms with Crippen LogP contribution in [0.3, 0.4) is 0 Å². The summed E-state index contributed by atoms with van der Waals surface area (Å²) >= 11 is 0. The molecule has 1 aromatic carbocycles. The van der Waals surface area contributed by atoms with Gasteiger partial charge in [0, 0.05) is 12.8 Å². The zero-order valence-corrected chi connectivity index (χ0v) is 8.32. The molecule has 0 heterocycles. The van der Waals surface area contributed by atoms with Crippen LogP contribution in [0.25, 0.3) is 0 Å². The van der Waals surface area contributed by atoms with Gasteiger partial charge in [0.25, 0.3) is 0 Å². The molecule has 80 valence electrons. The maximum absolute atomic E-state index is 12.6. The Morgan fingerprint density at radius 1 is 1.47 bits per heavy atom. The highest BCUT2D eigenvalue weighted by Gasteiger charge is 2.11. The van der Waals surface area contributed by atoms with Crippen LogP contribution in [0.5, 0.6) is 0 Å². The standard InChI is InChI=1S/C12H13FO2/c1-2-3-11(14)8-12(15)9-4-6-10(13)7-5-9/h2,4-7,12,15H,1,3,8H2. The van der Waals surface area contributed by atoms with E-state index in [1.807, 2.05) is 0 Å². The van der Waals surface area contributed by atoms with E-state index >= 15 is 0 Å². The molecule has 0 aromatic heterocycles. The average Bonchev–Trinajstić information content (AvgIpc) is 2.18. The Morgan fingerprint density at radius 2 is 2.07 bits per heavy atom. The van der Waals surface area contributed by atoms with Crippen molar-refractivity contribution in [1.82, 2.24) is 0 Å². The number of carbonyl (C=O) groups excluding carboxylic acids is 1. The van der Waals surface area contributed by atoms with Crippen molar-refractivity contribution in [2.24, 2.45) is 0 Å². The van der Waals surface area contributed by atoms with Gasteiger partial charge in [-0.3, -0.25) is 4.79 Å². The van der Waals surface area contributed by atoms with Crippen molar-refractivity contribution in [3.8, 4) is 0 Å². The molecule has 0 amide bonds. The van der Waals surface area contributed by atoms with E-state index in [9.17, 15) is 14.3 Å². The molecule has 0 radical (unpaired) electrons. The second kappa shape index (κ2) is 5.41. The van der Waals surface area contributed by atoms with Gasteiger partial charge in [0.1, 0.15) is 11.6 Å². The van der Waals surface area contributed by atoms with Crippen LogP contribution in [-0.2, 0) is 4.79 Å². The molecule has 0 bridgehead atoms. The SMILES string of the molecule is C=CCC(=O)CC(O)c1ccc(F)cc1. The molecule has 0 aliphatic heterocycles. The molecule has 0 aliphatic carbocycles. The van der Waals surface area contributed by atoms with Gasteiger partial charge in [-0.1, -0.05) is 18.2 Å². The van der Waals surface area contributed by atoms with Gasteiger partial charge >= 0.3 is 0 Å². The summed E-state index contributed by atoms with van der Waals surface area (Å²) in [5.74, 6) is -0.440. The first-order valence-electron chi connectivity index (χ1n) is 4.69. The number of halogens is 1. The fraction of sp³-hybridized carbons (Fsp3) is 0.250. The van der Waals surface area contributed by atoms with E-state index in [0.29, 0.717) is 5.56 Å². The van der Waals surface area contributed by atoms with Crippen LogP contribution in [0.4, 0.5) is 4.39 Å². The minimum atomic E-state index is -0.863. The first-order chi connectivity index (χ1) is 7.13. The summed E-state index contributed by atoms with van der Waals surface area (Å²) in [7, 11) is 0. The zero-order valence-electron chi connectivity index (χ0n) is 8.32. The summed E-state index contributed by atoms with van der Waals surface area (Å²) in [5, 5.41) is 9.63. The summed E-state index contributed by atoms with van der Waals surface area (Å²) in [5.41, 5.74) is 0.550. The van der Waals surface area contributed by atoms with Gasteiger partial charge in [-0.05, 0) is 17.7 Å². The van der Waals surface area contributed by atoms with E-state index in [0.717, 1.165) is 0 Å². The molecule has 0 spiro atoms. The minimum absolute atomic E-state index is 0.0393. The van der Waals surface area contributed by atoms with Gasteiger partial charge in [-0.15, -0.1) is 6.58 Å². The summed E-state index contributed by atoms with van der Waals surface area (Å²) in [6, 6.07) is 5.47. The molecule has 0 saturated carbocycles. The maximum atomic E-state index is 12.6. The quantitative estimate of drug-likeness (QED) is 0.754. The van der Waals surface area contributed by atoms with E-state index in [1.54, 1.807) is 0 Å². The number of ketones is 1. The van der Waals surface area contributed by atoms with Crippen LogP contribution in [-0.4, -0.2) is 10.9 Å². The Labute approximate surface area is 88.1 Å². The van der Waals surface area contributed by atoms with Gasteiger partial charge in [0.15, 0.2) is 0 Å². The molecule has 2 nitrogen and oxygen atoms in total. The van der Waals surface area contributed by atoms with Crippen LogP contribution in [0.15, 0.2) is 36.9 Å². The van der Waals surface area contributed by atoms with E-state index in [-0.39, 0.29) is 24.4 Å². The maximum Gasteiger partial charge on any atom is 0.139 e. The Kier molecular flexibility index (Phi) is 4.18. The third-order valence-electron chi connectivity index (χ3n) is 2.05. The van der Waals surface area contributed by atoms with Crippen molar-refractivity contribution in [1.29, 1.82) is 0 Å². The second-order valence-electron chi connectivity index (χ2n) is 3.30. The number of Topliss-reactive ketones (excluding diaryl/α,β-unsaturated/α-hetero) is 1. The highest BCUT2D eigenvalue weighted by molar-refractivity contribution is 5.80. The van der Waals surface area contributed by atoms with E-state index < -0.39 is 6.10 Å². The molecule has 1 unspecified atom stereocenters. The second-order valence-corrected chi connectivity index (χ2v) is 3.30. The van der Waals surface area contributed by atoms with Crippen LogP contribution in [0.2, 0.25) is 0 Å². The Bertz CT molecular complexity index is 343. The highest BCUT2D eigenvalue weighted by atomic mass is 19.1. The monoisotopic (exact) mass is 208 g/mol. The number of aliphatic hydroxyl groups excluding tert-OH is 1. The highest BCUT2D eigenvalue weighted by Crippen LogP contribution is 2.17. The molecule has 3 heteroatoms. The molecular weight excluding hydrogens is 195 g/mol. The van der Waals surface area contributed by atoms with Crippen LogP contribution in [0.1, 0.15) is 24.5 Å². The number of benzene rings is 1. The predicted molar refractivity (Wildman–Crippen MR) is 55.8 cm³/mol. The summed E-state index contributed by atoms with van der Waals surface area (Å²) < 4.78 is 12.6. The van der Waals surface area contributed by atoms with Crippen molar-refractivity contribution >= 4 is 5.78 Å². The molecule has 15 heavy (non-hydrogen) atoms. The number of allylic oxidation sites excluding steroid dienone is 1. The predicted octanol–water partition coefficient (Wildman–Crippen LogP) is 2.39. The third kappa shape index (κ3) is 3.64. The van der Waals surface area contributed by atoms with Gasteiger partial charge in [-0.25, -0.2) is 4.39 Å². The summed E-state index contributed by atoms with van der Waals surface area (Å²) in [4.78, 5) is 11.2. The largest absolute Gasteiger partial charge is 0.388 e. The fourth-order valence-corrected chi connectivity index (χ4v) is 1.26. The molecule has 1 N–H and O–H groups in total. The summed E-state index contributed by atoms with van der Waals surface area (Å²) in [6.45, 7) is 3.44. The fourth-order valence-electron chi connectivity index (χ4n) is 1.26.